The fraction of sp³-hybridized carbons (Fsp3) is 0.462. The molecule has 0 bridgehead atoms. The molecule has 2 nitrogen and oxygen atoms in total. The van der Waals surface area contributed by atoms with Crippen LogP contribution in [0.25, 0.3) is 11.0 Å². The molecule has 1 unspecified atom stereocenters. The van der Waals surface area contributed by atoms with Gasteiger partial charge < -0.3 is 9.55 Å². The van der Waals surface area contributed by atoms with E-state index in [0.29, 0.717) is 22.0 Å². The van der Waals surface area contributed by atoms with Gasteiger partial charge in [-0.2, -0.15) is 0 Å². The number of hydrogen-bond acceptors (Lipinski definition) is 1. The van der Waals surface area contributed by atoms with E-state index < -0.39 is 0 Å². The van der Waals surface area contributed by atoms with Crippen LogP contribution < -0.4 is 0 Å². The van der Waals surface area contributed by atoms with E-state index in [4.69, 9.17) is 35.4 Å². The summed E-state index contributed by atoms with van der Waals surface area (Å²) in [4.78, 5) is 3.18. The summed E-state index contributed by atoms with van der Waals surface area (Å²) in [5.74, 6) is 0.620. The van der Waals surface area contributed by atoms with Crippen molar-refractivity contribution in [2.24, 2.45) is 5.92 Å². The van der Waals surface area contributed by atoms with E-state index in [1.807, 2.05) is 12.1 Å². The van der Waals surface area contributed by atoms with Gasteiger partial charge in [-0.15, -0.1) is 0 Å². The monoisotopic (exact) mass is 302 g/mol. The third-order valence-electron chi connectivity index (χ3n) is 3.01. The van der Waals surface area contributed by atoms with Crippen molar-refractivity contribution in [2.75, 3.05) is 0 Å². The molecule has 0 aliphatic heterocycles. The van der Waals surface area contributed by atoms with Crippen LogP contribution in [-0.4, -0.2) is 9.55 Å². The zero-order valence-electron chi connectivity index (χ0n) is 10.6. The minimum atomic E-state index is 0.337. The number of hydrogen-bond donors (Lipinski definition) is 1. The van der Waals surface area contributed by atoms with Gasteiger partial charge >= 0.3 is 0 Å². The second-order valence-corrected chi connectivity index (χ2v) is 6.26. The molecule has 0 aliphatic rings. The van der Waals surface area contributed by atoms with E-state index in [1.54, 1.807) is 0 Å². The lowest BCUT2D eigenvalue weighted by atomic mass is 10.1. The molecule has 0 aliphatic carbocycles. The van der Waals surface area contributed by atoms with E-state index >= 15 is 0 Å². The lowest BCUT2D eigenvalue weighted by molar-refractivity contribution is 0.432. The predicted molar refractivity (Wildman–Crippen MR) is 81.3 cm³/mol. The largest absolute Gasteiger partial charge is 0.331 e. The van der Waals surface area contributed by atoms with Crippen LogP contribution >= 0.6 is 35.4 Å². The normalized spacial score (nSPS) is 13.4. The summed E-state index contributed by atoms with van der Waals surface area (Å²) in [5.41, 5.74) is 1.95. The Bertz CT molecular complexity index is 628. The zero-order chi connectivity index (χ0) is 13.4. The molecule has 18 heavy (non-hydrogen) atoms. The number of fused-ring (bicyclic) bond motifs is 1. The fourth-order valence-corrected chi connectivity index (χ4v) is 3.06. The molecule has 0 saturated heterocycles. The van der Waals surface area contributed by atoms with Gasteiger partial charge in [0.05, 0.1) is 21.1 Å². The summed E-state index contributed by atoms with van der Waals surface area (Å²) in [5, 5.41) is 1.10. The number of imidazole rings is 1. The highest BCUT2D eigenvalue weighted by Gasteiger charge is 2.14. The molecule has 1 aromatic carbocycles. The maximum Gasteiger partial charge on any atom is 0.178 e. The van der Waals surface area contributed by atoms with Crippen LogP contribution in [-0.2, 0) is 0 Å². The van der Waals surface area contributed by atoms with Gasteiger partial charge in [0.25, 0.3) is 0 Å². The van der Waals surface area contributed by atoms with Crippen LogP contribution in [0.2, 0.25) is 10.0 Å². The first-order valence-corrected chi connectivity index (χ1v) is 7.15. The van der Waals surface area contributed by atoms with Gasteiger partial charge in [-0.1, -0.05) is 37.0 Å². The van der Waals surface area contributed by atoms with Gasteiger partial charge in [-0.3, -0.25) is 0 Å². The van der Waals surface area contributed by atoms with E-state index in [1.165, 1.54) is 0 Å². The Balaban J connectivity index is 2.60. The second-order valence-electron chi connectivity index (χ2n) is 5.06. The van der Waals surface area contributed by atoms with Crippen LogP contribution in [0.1, 0.15) is 33.2 Å². The first kappa shape index (κ1) is 13.9. The standard InChI is InChI=1S/C13H16Cl2N2S/c1-7(2)4-8(3)17-12-6-10(15)9(14)5-11(12)16-13(17)18/h5-8H,4H2,1-3H3,(H,16,18). The molecule has 1 aromatic heterocycles. The second kappa shape index (κ2) is 5.24. The minimum absolute atomic E-state index is 0.337. The lowest BCUT2D eigenvalue weighted by Crippen LogP contribution is -2.08. The molecule has 1 atom stereocenters. The Morgan fingerprint density at radius 1 is 1.22 bits per heavy atom. The molecule has 5 heteroatoms. The minimum Gasteiger partial charge on any atom is -0.331 e. The first-order valence-electron chi connectivity index (χ1n) is 5.99. The smallest absolute Gasteiger partial charge is 0.178 e. The Morgan fingerprint density at radius 2 is 1.83 bits per heavy atom. The van der Waals surface area contributed by atoms with Gasteiger partial charge in [0.15, 0.2) is 4.77 Å². The Morgan fingerprint density at radius 3 is 2.44 bits per heavy atom. The summed E-state index contributed by atoms with van der Waals surface area (Å²) in [6.45, 7) is 6.59. The number of nitrogens with one attached hydrogen (secondary N) is 1. The number of benzene rings is 1. The molecular weight excluding hydrogens is 287 g/mol. The van der Waals surface area contributed by atoms with E-state index in [0.717, 1.165) is 22.2 Å². The quantitative estimate of drug-likeness (QED) is 0.731. The molecule has 0 saturated carbocycles. The number of halogens is 2. The average molecular weight is 303 g/mol. The maximum atomic E-state index is 6.09. The van der Waals surface area contributed by atoms with Crippen molar-refractivity contribution in [3.05, 3.63) is 26.9 Å². The van der Waals surface area contributed by atoms with Gasteiger partial charge in [-0.05, 0) is 43.6 Å². The molecule has 2 aromatic rings. The van der Waals surface area contributed by atoms with Crippen molar-refractivity contribution in [3.63, 3.8) is 0 Å². The van der Waals surface area contributed by atoms with Crippen LogP contribution in [0.4, 0.5) is 0 Å². The highest BCUT2D eigenvalue weighted by molar-refractivity contribution is 7.71. The Kier molecular flexibility index (Phi) is 4.05. The third kappa shape index (κ3) is 2.58. The van der Waals surface area contributed by atoms with Gasteiger partial charge in [0.2, 0.25) is 0 Å². The SMILES string of the molecule is CC(C)CC(C)n1c(=S)[nH]c2cc(Cl)c(Cl)cc21. The zero-order valence-corrected chi connectivity index (χ0v) is 13.0. The topological polar surface area (TPSA) is 20.7 Å². The Labute approximate surface area is 122 Å². The van der Waals surface area contributed by atoms with E-state index in [9.17, 15) is 0 Å². The first-order chi connectivity index (χ1) is 8.40. The van der Waals surface area contributed by atoms with Crippen LogP contribution in [0.3, 0.4) is 0 Å². The maximum absolute atomic E-state index is 6.09. The predicted octanol–water partition coefficient (Wildman–Crippen LogP) is 5.61. The summed E-state index contributed by atoms with van der Waals surface area (Å²) in [6.07, 6.45) is 1.07. The van der Waals surface area contributed by atoms with Crippen molar-refractivity contribution in [2.45, 2.75) is 33.2 Å². The lowest BCUT2D eigenvalue weighted by Gasteiger charge is -2.16. The molecule has 0 fully saturated rings. The van der Waals surface area contributed by atoms with Crippen molar-refractivity contribution < 1.29 is 0 Å². The number of aromatic nitrogens is 2. The van der Waals surface area contributed by atoms with Gasteiger partial charge in [0.1, 0.15) is 0 Å². The number of nitrogens with zero attached hydrogens (tertiary/aromatic N) is 1. The molecule has 2 rings (SSSR count). The molecule has 98 valence electrons. The summed E-state index contributed by atoms with van der Waals surface area (Å²) in [6, 6.07) is 4.04. The summed E-state index contributed by atoms with van der Waals surface area (Å²) >= 11 is 17.5. The van der Waals surface area contributed by atoms with Crippen LogP contribution in [0, 0.1) is 10.7 Å². The number of aromatic amines is 1. The average Bonchev–Trinajstić information content (AvgIpc) is 2.53. The van der Waals surface area contributed by atoms with Crippen LogP contribution in [0.15, 0.2) is 12.1 Å². The highest BCUT2D eigenvalue weighted by atomic mass is 35.5. The Hall–Kier alpha value is -0.510. The van der Waals surface area contributed by atoms with Crippen molar-refractivity contribution in [1.29, 1.82) is 0 Å². The third-order valence-corrected chi connectivity index (χ3v) is 4.03. The van der Waals surface area contributed by atoms with Gasteiger partial charge in [-0.25, -0.2) is 0 Å². The molecule has 1 N–H and O–H groups in total. The van der Waals surface area contributed by atoms with Gasteiger partial charge in [0, 0.05) is 6.04 Å². The van der Waals surface area contributed by atoms with E-state index in [2.05, 4.69) is 30.3 Å². The highest BCUT2D eigenvalue weighted by Crippen LogP contribution is 2.30. The van der Waals surface area contributed by atoms with Crippen molar-refractivity contribution in [3.8, 4) is 0 Å². The molecule has 1 heterocycles. The summed E-state index contributed by atoms with van der Waals surface area (Å²) < 4.78 is 2.84. The summed E-state index contributed by atoms with van der Waals surface area (Å²) in [7, 11) is 0. The van der Waals surface area contributed by atoms with Crippen molar-refractivity contribution >= 4 is 46.5 Å². The molecular formula is C13H16Cl2N2S. The van der Waals surface area contributed by atoms with Crippen molar-refractivity contribution in [1.82, 2.24) is 9.55 Å². The van der Waals surface area contributed by atoms with E-state index in [-0.39, 0.29) is 0 Å². The number of rotatable bonds is 3. The fourth-order valence-electron chi connectivity index (χ4n) is 2.35. The molecule has 0 spiro atoms. The molecule has 0 radical (unpaired) electrons. The number of H-pyrrole nitrogens is 1. The molecule has 0 amide bonds. The van der Waals surface area contributed by atoms with Crippen LogP contribution in [0.5, 0.6) is 0 Å².